The summed E-state index contributed by atoms with van der Waals surface area (Å²) in [5, 5.41) is -0.313. The van der Waals surface area contributed by atoms with Gasteiger partial charge in [0, 0.05) is 5.57 Å². The van der Waals surface area contributed by atoms with E-state index in [1.165, 1.54) is 0 Å². The van der Waals surface area contributed by atoms with Crippen LogP contribution in [-0.4, -0.2) is 5.12 Å². The first-order chi connectivity index (χ1) is 11.7. The van der Waals surface area contributed by atoms with Gasteiger partial charge in [-0.2, -0.15) is 0 Å². The van der Waals surface area contributed by atoms with Crippen LogP contribution in [-0.2, 0) is 10.2 Å². The van der Waals surface area contributed by atoms with Crippen LogP contribution in [0.25, 0.3) is 0 Å². The molecule has 0 saturated heterocycles. The van der Waals surface area contributed by atoms with Gasteiger partial charge in [0.2, 0.25) is 5.12 Å². The molecule has 0 saturated carbocycles. The van der Waals surface area contributed by atoms with Crippen LogP contribution >= 0.6 is 12.6 Å². The van der Waals surface area contributed by atoms with Gasteiger partial charge in [-0.3, -0.25) is 4.79 Å². The predicted molar refractivity (Wildman–Crippen MR) is 102 cm³/mol. The zero-order chi connectivity index (χ0) is 17.0. The molecule has 0 aliphatic heterocycles. The first kappa shape index (κ1) is 16.3. The fourth-order valence-electron chi connectivity index (χ4n) is 3.25. The minimum Gasteiger partial charge on any atom is -0.282 e. The summed E-state index contributed by atoms with van der Waals surface area (Å²) in [4.78, 5) is 12.3. The molecule has 0 spiro atoms. The molecular weight excluding hydrogens is 312 g/mol. The van der Waals surface area contributed by atoms with Crippen LogP contribution in [0.3, 0.4) is 0 Å². The lowest BCUT2D eigenvalue weighted by Crippen LogP contribution is -2.33. The van der Waals surface area contributed by atoms with Crippen LogP contribution < -0.4 is 0 Å². The van der Waals surface area contributed by atoms with Gasteiger partial charge in [0.1, 0.15) is 0 Å². The monoisotopic (exact) mass is 330 g/mol. The molecule has 0 atom stereocenters. The Kier molecular flexibility index (Phi) is 4.68. The van der Waals surface area contributed by atoms with Gasteiger partial charge in [-0.15, -0.1) is 12.6 Å². The third kappa shape index (κ3) is 2.70. The molecule has 0 heterocycles. The van der Waals surface area contributed by atoms with Gasteiger partial charge in [0.05, 0.1) is 5.41 Å². The first-order valence-corrected chi connectivity index (χ1v) is 8.21. The summed E-state index contributed by atoms with van der Waals surface area (Å²) in [6.07, 6.45) is 0. The average molecular weight is 330 g/mol. The van der Waals surface area contributed by atoms with Crippen molar-refractivity contribution in [1.82, 2.24) is 0 Å². The summed E-state index contributed by atoms with van der Waals surface area (Å²) in [7, 11) is 0. The summed E-state index contributed by atoms with van der Waals surface area (Å²) in [6, 6.07) is 30.0. The number of rotatable bonds is 5. The van der Waals surface area contributed by atoms with E-state index in [1.807, 2.05) is 91.0 Å². The lowest BCUT2D eigenvalue weighted by atomic mass is 9.65. The van der Waals surface area contributed by atoms with Crippen molar-refractivity contribution >= 4 is 17.7 Å². The third-order valence-corrected chi connectivity index (χ3v) is 4.60. The van der Waals surface area contributed by atoms with Crippen LogP contribution in [0, 0.1) is 0 Å². The maximum absolute atomic E-state index is 12.3. The van der Waals surface area contributed by atoms with Gasteiger partial charge < -0.3 is 0 Å². The Balaban J connectivity index is 2.42. The highest BCUT2D eigenvalue weighted by molar-refractivity contribution is 7.97. The average Bonchev–Trinajstić information content (AvgIpc) is 2.65. The van der Waals surface area contributed by atoms with E-state index < -0.39 is 5.41 Å². The van der Waals surface area contributed by atoms with E-state index in [0.717, 1.165) is 16.7 Å². The van der Waals surface area contributed by atoms with Crippen LogP contribution in [0.1, 0.15) is 16.7 Å². The summed E-state index contributed by atoms with van der Waals surface area (Å²) in [5.74, 6) is 0. The van der Waals surface area contributed by atoms with E-state index in [1.54, 1.807) is 0 Å². The predicted octanol–water partition coefficient (Wildman–Crippen LogP) is 5.03. The van der Waals surface area contributed by atoms with Crippen LogP contribution in [0.15, 0.2) is 103 Å². The van der Waals surface area contributed by atoms with Gasteiger partial charge >= 0.3 is 0 Å². The quantitative estimate of drug-likeness (QED) is 0.394. The van der Waals surface area contributed by atoms with Crippen LogP contribution in [0.4, 0.5) is 0 Å². The molecule has 0 aliphatic rings. The van der Waals surface area contributed by atoms with Crippen LogP contribution in [0.2, 0.25) is 0 Å². The van der Waals surface area contributed by atoms with Crippen molar-refractivity contribution in [2.75, 3.05) is 0 Å². The van der Waals surface area contributed by atoms with Crippen LogP contribution in [0.5, 0.6) is 0 Å². The SMILES string of the molecule is C=C(C(=O)S)C(c1ccccc1)(c1ccccc1)c1ccccc1. The molecule has 0 aromatic heterocycles. The maximum atomic E-state index is 12.3. The molecule has 0 radical (unpaired) electrons. The smallest absolute Gasteiger partial charge is 0.213 e. The Hall–Kier alpha value is -2.58. The largest absolute Gasteiger partial charge is 0.282 e. The summed E-state index contributed by atoms with van der Waals surface area (Å²) in [6.45, 7) is 4.13. The van der Waals surface area contributed by atoms with E-state index in [9.17, 15) is 4.79 Å². The third-order valence-electron chi connectivity index (χ3n) is 4.33. The normalized spacial score (nSPS) is 11.0. The number of benzene rings is 3. The molecule has 3 rings (SSSR count). The highest BCUT2D eigenvalue weighted by Gasteiger charge is 2.41. The number of carbonyl (C=O) groups excluding carboxylic acids is 1. The fourth-order valence-corrected chi connectivity index (χ4v) is 3.42. The Morgan fingerprint density at radius 1 is 0.667 bits per heavy atom. The summed E-state index contributed by atoms with van der Waals surface area (Å²) < 4.78 is 0. The number of thiol groups is 1. The molecule has 0 unspecified atom stereocenters. The second kappa shape index (κ2) is 6.90. The molecular formula is C22H18OS. The van der Waals surface area contributed by atoms with Gasteiger partial charge in [0.25, 0.3) is 0 Å². The van der Waals surface area contributed by atoms with Crippen molar-refractivity contribution in [2.24, 2.45) is 0 Å². The lowest BCUT2D eigenvalue weighted by molar-refractivity contribution is -0.108. The Bertz CT molecular complexity index is 742. The number of carbonyl (C=O) groups is 1. The van der Waals surface area contributed by atoms with E-state index >= 15 is 0 Å². The van der Waals surface area contributed by atoms with Gasteiger partial charge in [-0.05, 0) is 16.7 Å². The van der Waals surface area contributed by atoms with Crippen molar-refractivity contribution in [1.29, 1.82) is 0 Å². The molecule has 0 bridgehead atoms. The second-order valence-corrected chi connectivity index (χ2v) is 6.04. The standard InChI is InChI=1S/C22H18OS/c1-17(21(23)24)22(18-11-5-2-6-12-18,19-13-7-3-8-14-19)20-15-9-4-10-16-20/h2-16H,1H2,(H,23,24). The molecule has 3 aromatic carbocycles. The number of hydrogen-bond acceptors (Lipinski definition) is 1. The molecule has 24 heavy (non-hydrogen) atoms. The van der Waals surface area contributed by atoms with Crippen molar-refractivity contribution < 1.29 is 4.79 Å². The lowest BCUT2D eigenvalue weighted by Gasteiger charge is -2.36. The van der Waals surface area contributed by atoms with Gasteiger partial charge in [-0.25, -0.2) is 0 Å². The molecule has 1 nitrogen and oxygen atoms in total. The minimum atomic E-state index is -0.761. The molecule has 0 amide bonds. The zero-order valence-electron chi connectivity index (χ0n) is 13.2. The highest BCUT2D eigenvalue weighted by Crippen LogP contribution is 2.45. The van der Waals surface area contributed by atoms with E-state index in [-0.39, 0.29) is 5.12 Å². The number of hydrogen-bond donors (Lipinski definition) is 1. The fraction of sp³-hybridized carbons (Fsp3) is 0.0455. The van der Waals surface area contributed by atoms with Crippen molar-refractivity contribution in [3.05, 3.63) is 120 Å². The molecule has 0 N–H and O–H groups in total. The van der Waals surface area contributed by atoms with Crippen molar-refractivity contribution in [3.63, 3.8) is 0 Å². The Morgan fingerprint density at radius 3 is 1.21 bits per heavy atom. The maximum Gasteiger partial charge on any atom is 0.213 e. The van der Waals surface area contributed by atoms with E-state index in [2.05, 4.69) is 19.2 Å². The van der Waals surface area contributed by atoms with Crippen molar-refractivity contribution in [3.8, 4) is 0 Å². The summed E-state index contributed by atoms with van der Waals surface area (Å²) >= 11 is 4.10. The topological polar surface area (TPSA) is 17.1 Å². The van der Waals surface area contributed by atoms with Crippen molar-refractivity contribution in [2.45, 2.75) is 5.41 Å². The second-order valence-electron chi connectivity index (χ2n) is 5.63. The molecule has 118 valence electrons. The van der Waals surface area contributed by atoms with Gasteiger partial charge in [-0.1, -0.05) is 97.6 Å². The minimum absolute atomic E-state index is 0.313. The molecule has 3 aromatic rings. The van der Waals surface area contributed by atoms with E-state index in [0.29, 0.717) is 5.57 Å². The Labute approximate surface area is 148 Å². The van der Waals surface area contributed by atoms with E-state index in [4.69, 9.17) is 0 Å². The molecule has 0 aliphatic carbocycles. The Morgan fingerprint density at radius 2 is 0.958 bits per heavy atom. The summed E-state index contributed by atoms with van der Waals surface area (Å²) in [5.41, 5.74) is 2.66. The van der Waals surface area contributed by atoms with Gasteiger partial charge in [0.15, 0.2) is 0 Å². The highest BCUT2D eigenvalue weighted by atomic mass is 32.1. The zero-order valence-corrected chi connectivity index (χ0v) is 14.1. The molecule has 2 heteroatoms. The molecule has 0 fully saturated rings. The first-order valence-electron chi connectivity index (χ1n) is 7.76.